The average Bonchev–Trinajstić information content (AvgIpc) is 3.20. The van der Waals surface area contributed by atoms with E-state index in [-0.39, 0.29) is 17.8 Å². The highest BCUT2D eigenvalue weighted by atomic mass is 19.1. The van der Waals surface area contributed by atoms with Crippen molar-refractivity contribution in [2.24, 2.45) is 0 Å². The van der Waals surface area contributed by atoms with E-state index in [4.69, 9.17) is 0 Å². The van der Waals surface area contributed by atoms with Crippen LogP contribution in [0.25, 0.3) is 11.4 Å². The highest BCUT2D eigenvalue weighted by Crippen LogP contribution is 2.28. The molecule has 1 fully saturated rings. The molecule has 1 aliphatic rings. The molecule has 3 aromatic rings. The summed E-state index contributed by atoms with van der Waals surface area (Å²) < 4.78 is 15.9. The van der Waals surface area contributed by atoms with Crippen LogP contribution in [0.15, 0.2) is 54.9 Å². The largest absolute Gasteiger partial charge is 0.338 e. The Kier molecular flexibility index (Phi) is 4.71. The van der Waals surface area contributed by atoms with Gasteiger partial charge in [-0.05, 0) is 37.5 Å². The van der Waals surface area contributed by atoms with Crippen LogP contribution in [0, 0.1) is 12.7 Å². The van der Waals surface area contributed by atoms with Crippen molar-refractivity contribution in [2.75, 3.05) is 13.1 Å². The van der Waals surface area contributed by atoms with Gasteiger partial charge in [-0.1, -0.05) is 36.4 Å². The number of piperidine rings is 1. The zero-order valence-corrected chi connectivity index (χ0v) is 15.2. The minimum absolute atomic E-state index is 0.112. The number of benzene rings is 2. The normalized spacial score (nSPS) is 15.1. The summed E-state index contributed by atoms with van der Waals surface area (Å²) in [5, 5.41) is 8.36. The third-order valence-electron chi connectivity index (χ3n) is 5.17. The van der Waals surface area contributed by atoms with E-state index in [0.717, 1.165) is 24.2 Å². The first kappa shape index (κ1) is 17.4. The minimum atomic E-state index is -0.340. The van der Waals surface area contributed by atoms with E-state index >= 15 is 0 Å². The zero-order chi connectivity index (χ0) is 18.8. The van der Waals surface area contributed by atoms with E-state index in [1.807, 2.05) is 30.3 Å². The van der Waals surface area contributed by atoms with Gasteiger partial charge in [0.05, 0.1) is 0 Å². The SMILES string of the molecule is Cc1ccc(C(=O)N2CCC(n3cnnc3-c3ccccc3)CC2)cc1F. The summed E-state index contributed by atoms with van der Waals surface area (Å²) in [5.74, 6) is 0.396. The third kappa shape index (κ3) is 3.47. The quantitative estimate of drug-likeness (QED) is 0.709. The van der Waals surface area contributed by atoms with Crippen LogP contribution < -0.4 is 0 Å². The third-order valence-corrected chi connectivity index (χ3v) is 5.17. The van der Waals surface area contributed by atoms with Crippen molar-refractivity contribution in [3.63, 3.8) is 0 Å². The van der Waals surface area contributed by atoms with Crippen LogP contribution in [0.1, 0.15) is 34.8 Å². The maximum atomic E-state index is 13.8. The molecule has 2 aromatic carbocycles. The Morgan fingerprint density at radius 1 is 1.11 bits per heavy atom. The molecule has 1 amide bonds. The molecule has 1 saturated heterocycles. The number of rotatable bonds is 3. The highest BCUT2D eigenvalue weighted by Gasteiger charge is 2.26. The lowest BCUT2D eigenvalue weighted by molar-refractivity contribution is 0.0694. The van der Waals surface area contributed by atoms with E-state index in [2.05, 4.69) is 14.8 Å². The molecule has 138 valence electrons. The summed E-state index contributed by atoms with van der Waals surface area (Å²) in [6.45, 7) is 2.95. The first-order valence-electron chi connectivity index (χ1n) is 9.14. The number of hydrogen-bond acceptors (Lipinski definition) is 3. The number of hydrogen-bond donors (Lipinski definition) is 0. The monoisotopic (exact) mass is 364 g/mol. The molecule has 0 aliphatic carbocycles. The van der Waals surface area contributed by atoms with E-state index in [9.17, 15) is 9.18 Å². The molecular formula is C21H21FN4O. The summed E-state index contributed by atoms with van der Waals surface area (Å²) in [6.07, 6.45) is 3.40. The number of aryl methyl sites for hydroxylation is 1. The zero-order valence-electron chi connectivity index (χ0n) is 15.2. The van der Waals surface area contributed by atoms with Gasteiger partial charge in [0.1, 0.15) is 12.1 Å². The molecule has 2 heterocycles. The lowest BCUT2D eigenvalue weighted by Gasteiger charge is -2.33. The second-order valence-electron chi connectivity index (χ2n) is 6.92. The van der Waals surface area contributed by atoms with E-state index in [1.54, 1.807) is 30.3 Å². The summed E-state index contributed by atoms with van der Waals surface area (Å²) in [4.78, 5) is 14.5. The molecule has 5 nitrogen and oxygen atoms in total. The van der Waals surface area contributed by atoms with Crippen LogP contribution in [0.2, 0.25) is 0 Å². The Balaban J connectivity index is 1.46. The van der Waals surface area contributed by atoms with Gasteiger partial charge in [-0.3, -0.25) is 4.79 Å². The molecule has 27 heavy (non-hydrogen) atoms. The number of halogens is 1. The maximum absolute atomic E-state index is 13.8. The first-order valence-corrected chi connectivity index (χ1v) is 9.14. The van der Waals surface area contributed by atoms with Gasteiger partial charge in [0.25, 0.3) is 5.91 Å². The van der Waals surface area contributed by atoms with Crippen molar-refractivity contribution in [1.82, 2.24) is 19.7 Å². The Hall–Kier alpha value is -3.02. The Bertz CT molecular complexity index is 946. The van der Waals surface area contributed by atoms with Crippen LogP contribution >= 0.6 is 0 Å². The fourth-order valence-electron chi connectivity index (χ4n) is 3.56. The highest BCUT2D eigenvalue weighted by molar-refractivity contribution is 5.94. The van der Waals surface area contributed by atoms with E-state index in [0.29, 0.717) is 24.2 Å². The number of aromatic nitrogens is 3. The summed E-state index contributed by atoms with van der Waals surface area (Å²) in [7, 11) is 0. The van der Waals surface area contributed by atoms with Crippen molar-refractivity contribution in [2.45, 2.75) is 25.8 Å². The predicted molar refractivity (Wildman–Crippen MR) is 101 cm³/mol. The number of likely N-dealkylation sites (tertiary alicyclic amines) is 1. The van der Waals surface area contributed by atoms with Crippen molar-refractivity contribution >= 4 is 5.91 Å². The fraction of sp³-hybridized carbons (Fsp3) is 0.286. The van der Waals surface area contributed by atoms with Crippen molar-refractivity contribution in [3.8, 4) is 11.4 Å². The lowest BCUT2D eigenvalue weighted by Crippen LogP contribution is -2.39. The van der Waals surface area contributed by atoms with Crippen LogP contribution in [0.3, 0.4) is 0 Å². The number of amides is 1. The van der Waals surface area contributed by atoms with Gasteiger partial charge in [-0.25, -0.2) is 4.39 Å². The van der Waals surface area contributed by atoms with Crippen LogP contribution in [0.5, 0.6) is 0 Å². The number of nitrogens with zero attached hydrogens (tertiary/aromatic N) is 4. The first-order chi connectivity index (χ1) is 13.1. The van der Waals surface area contributed by atoms with Crippen LogP contribution in [-0.2, 0) is 0 Å². The van der Waals surface area contributed by atoms with Gasteiger partial charge < -0.3 is 9.47 Å². The number of carbonyl (C=O) groups is 1. The van der Waals surface area contributed by atoms with Crippen molar-refractivity contribution in [1.29, 1.82) is 0 Å². The topological polar surface area (TPSA) is 51.0 Å². The summed E-state index contributed by atoms with van der Waals surface area (Å²) in [6, 6.07) is 14.9. The fourth-order valence-corrected chi connectivity index (χ4v) is 3.56. The molecule has 1 aromatic heterocycles. The maximum Gasteiger partial charge on any atom is 0.253 e. The molecule has 0 atom stereocenters. The summed E-state index contributed by atoms with van der Waals surface area (Å²) >= 11 is 0. The van der Waals surface area contributed by atoms with Gasteiger partial charge in [-0.15, -0.1) is 10.2 Å². The smallest absolute Gasteiger partial charge is 0.253 e. The number of carbonyl (C=O) groups excluding carboxylic acids is 1. The van der Waals surface area contributed by atoms with Crippen molar-refractivity contribution in [3.05, 3.63) is 71.8 Å². The predicted octanol–water partition coefficient (Wildman–Crippen LogP) is 3.87. The molecule has 1 aliphatic heterocycles. The summed E-state index contributed by atoms with van der Waals surface area (Å²) in [5.41, 5.74) is 1.99. The molecular weight excluding hydrogens is 343 g/mol. The molecule has 0 bridgehead atoms. The second kappa shape index (κ2) is 7.31. The van der Waals surface area contributed by atoms with Gasteiger partial charge >= 0.3 is 0 Å². The van der Waals surface area contributed by atoms with Crippen LogP contribution in [-0.4, -0.2) is 38.7 Å². The molecule has 0 spiro atoms. The molecule has 0 unspecified atom stereocenters. The van der Waals surface area contributed by atoms with Gasteiger partial charge in [-0.2, -0.15) is 0 Å². The second-order valence-corrected chi connectivity index (χ2v) is 6.92. The molecule has 0 saturated carbocycles. The molecule has 0 N–H and O–H groups in total. The van der Waals surface area contributed by atoms with Gasteiger partial charge in [0.15, 0.2) is 5.82 Å². The Morgan fingerprint density at radius 2 is 1.85 bits per heavy atom. The minimum Gasteiger partial charge on any atom is -0.338 e. The molecule has 0 radical (unpaired) electrons. The van der Waals surface area contributed by atoms with E-state index < -0.39 is 0 Å². The standard InChI is InChI=1S/C21H21FN4O/c1-15-7-8-17(13-19(15)22)21(27)25-11-9-18(10-12-25)26-14-23-24-20(26)16-5-3-2-4-6-16/h2-8,13-14,18H,9-12H2,1H3. The average molecular weight is 364 g/mol. The lowest BCUT2D eigenvalue weighted by atomic mass is 10.0. The van der Waals surface area contributed by atoms with Crippen molar-refractivity contribution < 1.29 is 9.18 Å². The Morgan fingerprint density at radius 3 is 2.56 bits per heavy atom. The van der Waals surface area contributed by atoms with Gasteiger partial charge in [0.2, 0.25) is 0 Å². The van der Waals surface area contributed by atoms with Gasteiger partial charge in [0, 0.05) is 30.3 Å². The van der Waals surface area contributed by atoms with E-state index in [1.165, 1.54) is 6.07 Å². The molecule has 4 rings (SSSR count). The Labute approximate surface area is 157 Å². The van der Waals surface area contributed by atoms with Crippen LogP contribution in [0.4, 0.5) is 4.39 Å². The molecule has 6 heteroatoms.